The second-order valence-electron chi connectivity index (χ2n) is 2.28. The van der Waals surface area contributed by atoms with E-state index in [1.165, 1.54) is 19.4 Å². The Balaban J connectivity index is 2.69. The summed E-state index contributed by atoms with van der Waals surface area (Å²) in [7, 11) is 1.24. The van der Waals surface area contributed by atoms with Crippen LogP contribution in [0.25, 0.3) is 0 Å². The molecule has 0 atom stereocenters. The van der Waals surface area contributed by atoms with Gasteiger partial charge in [0.1, 0.15) is 6.42 Å². The Morgan fingerprint density at radius 1 is 1.62 bits per heavy atom. The summed E-state index contributed by atoms with van der Waals surface area (Å²) in [6.45, 7) is 0. The van der Waals surface area contributed by atoms with Crippen molar-refractivity contribution in [1.82, 2.24) is 0 Å². The summed E-state index contributed by atoms with van der Waals surface area (Å²) in [5.41, 5.74) is 0.352. The Kier molecular flexibility index (Phi) is 3.25. The van der Waals surface area contributed by atoms with Crippen LogP contribution in [0.2, 0.25) is 0 Å². The molecule has 0 saturated heterocycles. The first-order valence-electron chi connectivity index (χ1n) is 3.48. The van der Waals surface area contributed by atoms with Crippen molar-refractivity contribution in [1.29, 1.82) is 0 Å². The minimum atomic E-state index is -0.557. The van der Waals surface area contributed by atoms with Gasteiger partial charge in [0.25, 0.3) is 0 Å². The van der Waals surface area contributed by atoms with Crippen molar-refractivity contribution >= 4 is 27.7 Å². The van der Waals surface area contributed by atoms with Crippen molar-refractivity contribution in [2.75, 3.05) is 7.11 Å². The first-order valence-corrected chi connectivity index (χ1v) is 4.27. The molecule has 0 amide bonds. The quantitative estimate of drug-likeness (QED) is 0.464. The molecule has 0 aromatic carbocycles. The molecule has 0 N–H and O–H groups in total. The van der Waals surface area contributed by atoms with Crippen LogP contribution in [0.5, 0.6) is 0 Å². The molecule has 1 aromatic rings. The zero-order valence-electron chi connectivity index (χ0n) is 6.87. The standard InChI is InChI=1S/C8H7BrO4/c1-12-7(11)4-6(10)5-2-3-13-8(5)9/h2-3H,4H2,1H3. The Morgan fingerprint density at radius 3 is 2.77 bits per heavy atom. The van der Waals surface area contributed by atoms with Gasteiger partial charge in [0, 0.05) is 0 Å². The molecule has 13 heavy (non-hydrogen) atoms. The van der Waals surface area contributed by atoms with E-state index in [0.717, 1.165) is 0 Å². The number of rotatable bonds is 3. The Bertz CT molecular complexity index is 329. The van der Waals surface area contributed by atoms with Crippen molar-refractivity contribution in [3.05, 3.63) is 22.6 Å². The van der Waals surface area contributed by atoms with Gasteiger partial charge < -0.3 is 9.15 Å². The summed E-state index contributed by atoms with van der Waals surface area (Å²) in [4.78, 5) is 22.0. The zero-order chi connectivity index (χ0) is 9.84. The van der Waals surface area contributed by atoms with Gasteiger partial charge in [0.05, 0.1) is 18.9 Å². The lowest BCUT2D eigenvalue weighted by Gasteiger charge is -1.96. The van der Waals surface area contributed by atoms with E-state index in [1.807, 2.05) is 0 Å². The maximum Gasteiger partial charge on any atom is 0.313 e. The molecule has 0 aliphatic carbocycles. The molecular weight excluding hydrogens is 240 g/mol. The van der Waals surface area contributed by atoms with Crippen molar-refractivity contribution in [2.45, 2.75) is 6.42 Å². The number of methoxy groups -OCH3 is 1. The first-order chi connectivity index (χ1) is 6.15. The number of esters is 1. The van der Waals surface area contributed by atoms with Crippen LogP contribution in [-0.4, -0.2) is 18.9 Å². The fourth-order valence-corrected chi connectivity index (χ4v) is 1.25. The molecule has 0 radical (unpaired) electrons. The van der Waals surface area contributed by atoms with Crippen LogP contribution in [0.4, 0.5) is 0 Å². The summed E-state index contributed by atoms with van der Waals surface area (Å²) in [5, 5.41) is 0. The molecule has 0 fully saturated rings. The molecule has 0 aliphatic heterocycles. The van der Waals surface area contributed by atoms with Crippen LogP contribution in [0, 0.1) is 0 Å². The molecule has 0 unspecified atom stereocenters. The van der Waals surface area contributed by atoms with E-state index >= 15 is 0 Å². The van der Waals surface area contributed by atoms with Crippen molar-refractivity contribution < 1.29 is 18.7 Å². The lowest BCUT2D eigenvalue weighted by Crippen LogP contribution is -2.09. The zero-order valence-corrected chi connectivity index (χ0v) is 8.46. The molecule has 0 spiro atoms. The fourth-order valence-electron chi connectivity index (χ4n) is 0.792. The maximum absolute atomic E-state index is 11.3. The average molecular weight is 247 g/mol. The summed E-state index contributed by atoms with van der Waals surface area (Å²) in [5.74, 6) is -0.884. The maximum atomic E-state index is 11.3. The van der Waals surface area contributed by atoms with Gasteiger partial charge in [-0.3, -0.25) is 9.59 Å². The first kappa shape index (κ1) is 9.98. The molecule has 0 aliphatic rings. The predicted octanol–water partition coefficient (Wildman–Crippen LogP) is 1.79. The van der Waals surface area contributed by atoms with E-state index in [4.69, 9.17) is 4.42 Å². The molecule has 1 rings (SSSR count). The van der Waals surface area contributed by atoms with E-state index in [9.17, 15) is 9.59 Å². The van der Waals surface area contributed by atoms with Crippen LogP contribution < -0.4 is 0 Å². The van der Waals surface area contributed by atoms with E-state index in [0.29, 0.717) is 10.2 Å². The predicted molar refractivity (Wildman–Crippen MR) is 47.4 cm³/mol. The third-order valence-electron chi connectivity index (χ3n) is 1.45. The molecule has 0 saturated carbocycles. The van der Waals surface area contributed by atoms with Crippen LogP contribution in [0.1, 0.15) is 16.8 Å². The summed E-state index contributed by atoms with van der Waals surface area (Å²) >= 11 is 3.04. The number of ketones is 1. The highest BCUT2D eigenvalue weighted by atomic mass is 79.9. The minimum Gasteiger partial charge on any atom is -0.469 e. The number of hydrogen-bond donors (Lipinski definition) is 0. The van der Waals surface area contributed by atoms with Crippen LogP contribution >= 0.6 is 15.9 Å². The SMILES string of the molecule is COC(=O)CC(=O)c1ccoc1Br. The van der Waals surface area contributed by atoms with Crippen LogP contribution in [0.3, 0.4) is 0 Å². The van der Waals surface area contributed by atoms with E-state index < -0.39 is 5.97 Å². The third-order valence-corrected chi connectivity index (χ3v) is 2.07. The highest BCUT2D eigenvalue weighted by Gasteiger charge is 2.16. The normalized spacial score (nSPS) is 9.69. The number of Topliss-reactive ketones (excluding diaryl/α,β-unsaturated/α-hetero) is 1. The topological polar surface area (TPSA) is 56.5 Å². The van der Waals surface area contributed by atoms with E-state index in [1.54, 1.807) is 0 Å². The minimum absolute atomic E-state index is 0.269. The lowest BCUT2D eigenvalue weighted by molar-refractivity contribution is -0.139. The average Bonchev–Trinajstić information content (AvgIpc) is 2.51. The fraction of sp³-hybridized carbons (Fsp3) is 0.250. The Hall–Kier alpha value is -1.10. The van der Waals surface area contributed by atoms with Crippen LogP contribution in [0.15, 0.2) is 21.4 Å². The van der Waals surface area contributed by atoms with Gasteiger partial charge in [-0.15, -0.1) is 0 Å². The molecular formula is C8H7BrO4. The Labute approximate surface area is 83.0 Å². The second kappa shape index (κ2) is 4.23. The van der Waals surface area contributed by atoms with Crippen LogP contribution in [-0.2, 0) is 9.53 Å². The monoisotopic (exact) mass is 246 g/mol. The third kappa shape index (κ3) is 2.42. The molecule has 0 bridgehead atoms. The number of carbonyl (C=O) groups is 2. The van der Waals surface area contributed by atoms with E-state index in [2.05, 4.69) is 20.7 Å². The smallest absolute Gasteiger partial charge is 0.313 e. The van der Waals surface area contributed by atoms with Gasteiger partial charge in [-0.2, -0.15) is 0 Å². The Morgan fingerprint density at radius 2 is 2.31 bits per heavy atom. The molecule has 1 heterocycles. The van der Waals surface area contributed by atoms with Gasteiger partial charge in [0.15, 0.2) is 10.5 Å². The highest BCUT2D eigenvalue weighted by Crippen LogP contribution is 2.19. The lowest BCUT2D eigenvalue weighted by atomic mass is 10.2. The summed E-state index contributed by atoms with van der Waals surface area (Å²) in [6, 6.07) is 1.50. The van der Waals surface area contributed by atoms with Gasteiger partial charge in [-0.1, -0.05) is 0 Å². The van der Waals surface area contributed by atoms with Gasteiger partial charge in [-0.25, -0.2) is 0 Å². The van der Waals surface area contributed by atoms with Crippen molar-refractivity contribution in [2.24, 2.45) is 0 Å². The van der Waals surface area contributed by atoms with E-state index in [-0.39, 0.29) is 12.2 Å². The number of ether oxygens (including phenoxy) is 1. The number of furan rings is 1. The molecule has 1 aromatic heterocycles. The van der Waals surface area contributed by atoms with Crippen molar-refractivity contribution in [3.63, 3.8) is 0 Å². The number of carbonyl (C=O) groups excluding carboxylic acids is 2. The number of hydrogen-bond acceptors (Lipinski definition) is 4. The highest BCUT2D eigenvalue weighted by molar-refractivity contribution is 9.10. The van der Waals surface area contributed by atoms with Gasteiger partial charge in [0.2, 0.25) is 0 Å². The molecule has 5 heteroatoms. The summed E-state index contributed by atoms with van der Waals surface area (Å²) in [6.07, 6.45) is 1.10. The van der Waals surface area contributed by atoms with Crippen molar-refractivity contribution in [3.8, 4) is 0 Å². The van der Waals surface area contributed by atoms with Gasteiger partial charge >= 0.3 is 5.97 Å². The molecule has 4 nitrogen and oxygen atoms in total. The second-order valence-corrected chi connectivity index (χ2v) is 3.00. The largest absolute Gasteiger partial charge is 0.469 e. The summed E-state index contributed by atoms with van der Waals surface area (Å²) < 4.78 is 9.53. The molecule has 70 valence electrons. The number of halogens is 1. The van der Waals surface area contributed by atoms with Gasteiger partial charge in [-0.05, 0) is 22.0 Å².